The third-order valence-electron chi connectivity index (χ3n) is 18.4. The summed E-state index contributed by atoms with van der Waals surface area (Å²) in [5.41, 5.74) is 12.2. The lowest BCUT2D eigenvalue weighted by molar-refractivity contribution is 0.107. The molecule has 5 saturated carbocycles. The normalized spacial score (nSPS) is 22.0. The van der Waals surface area contributed by atoms with Crippen molar-refractivity contribution in [1.82, 2.24) is 16.0 Å². The SMILES string of the molecule is C1CCC2(CC1)CCNC2.C1CCC2(CC1)CNC2.CCC.CCC.CCC.CCC.CCC.c1ccc2c(c1)CC1(CCCCC1)CN2.c1ccc2c(c1)CNCC21CCCCC1.c1ccc2c(c1)NCC21CCCCC1. The molecule has 5 N–H and O–H groups in total. The third kappa shape index (κ3) is 21.5. The smallest absolute Gasteiger partial charge is 0.0379 e. The fourth-order valence-electron chi connectivity index (χ4n) is 14.4. The average molecular weight is 1070 g/mol. The Labute approximate surface area is 484 Å². The summed E-state index contributed by atoms with van der Waals surface area (Å²) >= 11 is 0. The first-order valence-electron chi connectivity index (χ1n) is 34.0. The highest BCUT2D eigenvalue weighted by molar-refractivity contribution is 5.60. The highest BCUT2D eigenvalue weighted by Crippen LogP contribution is 2.47. The molecule has 5 spiro atoms. The Morgan fingerprint density at radius 3 is 1.15 bits per heavy atom. The second-order valence-corrected chi connectivity index (χ2v) is 26.3. The molecule has 10 aliphatic rings. The monoisotopic (exact) mass is 1070 g/mol. The van der Waals surface area contributed by atoms with E-state index in [-0.39, 0.29) is 0 Å². The van der Waals surface area contributed by atoms with Crippen LogP contribution >= 0.6 is 0 Å². The van der Waals surface area contributed by atoms with Crippen LogP contribution < -0.4 is 26.6 Å². The van der Waals surface area contributed by atoms with E-state index >= 15 is 0 Å². The van der Waals surface area contributed by atoms with Crippen molar-refractivity contribution in [3.05, 3.63) is 95.1 Å². The maximum absolute atomic E-state index is 3.62. The molecule has 7 fully saturated rings. The van der Waals surface area contributed by atoms with E-state index < -0.39 is 0 Å². The first kappa shape index (κ1) is 67.6. The molecule has 444 valence electrons. The van der Waals surface area contributed by atoms with Gasteiger partial charge >= 0.3 is 0 Å². The zero-order valence-corrected chi connectivity index (χ0v) is 53.2. The fraction of sp³-hybridized carbons (Fsp3) is 0.753. The Balaban J connectivity index is 0.000000199. The lowest BCUT2D eigenvalue weighted by atomic mass is 9.67. The van der Waals surface area contributed by atoms with Crippen LogP contribution in [0.15, 0.2) is 72.8 Å². The van der Waals surface area contributed by atoms with Gasteiger partial charge in [0.05, 0.1) is 0 Å². The van der Waals surface area contributed by atoms with Crippen molar-refractivity contribution in [3.63, 3.8) is 0 Å². The average Bonchev–Trinajstić information content (AvgIpc) is 4.18. The Morgan fingerprint density at radius 2 is 0.692 bits per heavy atom. The molecule has 5 nitrogen and oxygen atoms in total. The van der Waals surface area contributed by atoms with Crippen LogP contribution in [0.25, 0.3) is 0 Å². The maximum atomic E-state index is 3.62. The Kier molecular flexibility index (Phi) is 33.0. The van der Waals surface area contributed by atoms with E-state index in [1.807, 2.05) is 0 Å². The van der Waals surface area contributed by atoms with Gasteiger partial charge in [-0.3, -0.25) is 0 Å². The van der Waals surface area contributed by atoms with Crippen LogP contribution in [0.1, 0.15) is 291 Å². The molecule has 3 aromatic rings. The number of rotatable bonds is 0. The van der Waals surface area contributed by atoms with Crippen molar-refractivity contribution in [2.75, 3.05) is 56.4 Å². The van der Waals surface area contributed by atoms with Crippen molar-refractivity contribution in [2.24, 2.45) is 16.2 Å². The summed E-state index contributed by atoms with van der Waals surface area (Å²) in [5, 5.41) is 17.6. The van der Waals surface area contributed by atoms with Crippen LogP contribution in [0.3, 0.4) is 0 Å². The molecule has 5 aliphatic heterocycles. The van der Waals surface area contributed by atoms with E-state index in [4.69, 9.17) is 0 Å². The molecule has 0 bridgehead atoms. The number of hydrogen-bond donors (Lipinski definition) is 5. The molecular weight excluding hydrogens is 947 g/mol. The van der Waals surface area contributed by atoms with E-state index in [0.717, 1.165) is 17.4 Å². The molecule has 0 atom stereocenters. The summed E-state index contributed by atoms with van der Waals surface area (Å²) in [5.74, 6) is 0. The van der Waals surface area contributed by atoms with Crippen LogP contribution in [-0.2, 0) is 23.8 Å². The number of fused-ring (bicyclic) bond motifs is 5. The van der Waals surface area contributed by atoms with Gasteiger partial charge in [-0.2, -0.15) is 0 Å². The second-order valence-electron chi connectivity index (χ2n) is 26.3. The zero-order valence-electron chi connectivity index (χ0n) is 53.2. The minimum atomic E-state index is 0.479. The number of benzene rings is 3. The molecule has 0 amide bonds. The van der Waals surface area contributed by atoms with Gasteiger partial charge in [0, 0.05) is 68.0 Å². The standard InChI is InChI=1S/2C14H19N.C13H17N.C9H17N.C8H15N.5C3H8/c1-4-8-14(9-5-1)11-15-10-12-6-2-3-7-13(12)14;1-4-8-14(9-5-1)10-12-6-2-3-7-13(12)15-11-14;1-4-8-13(9-5-1)10-14-12-7-3-2-6-11(12)13;1-2-4-9(5-3-1)6-7-10-8-9;1-2-4-8(5-3-1)6-9-7-8;5*1-3-2/h2*2-3,6-7,15H,1,4-5,8-11H2;2-3,6-7,14H,1,4-5,8-10H2;10H,1-8H2;9H,1-7H2;5*3H2,1-2H3. The van der Waals surface area contributed by atoms with E-state index in [2.05, 4.69) is 169 Å². The third-order valence-corrected chi connectivity index (χ3v) is 18.4. The van der Waals surface area contributed by atoms with Crippen molar-refractivity contribution in [2.45, 2.75) is 292 Å². The minimum Gasteiger partial charge on any atom is -0.384 e. The molecule has 2 saturated heterocycles. The van der Waals surface area contributed by atoms with Gasteiger partial charge in [-0.25, -0.2) is 0 Å². The first-order chi connectivity index (χ1) is 38.1. The number of para-hydroxylation sites is 2. The minimum absolute atomic E-state index is 0.479. The summed E-state index contributed by atoms with van der Waals surface area (Å²) in [6.45, 7) is 31.1. The lowest BCUT2D eigenvalue weighted by Crippen LogP contribution is -2.54. The molecule has 5 aliphatic carbocycles. The molecule has 13 rings (SSSR count). The summed E-state index contributed by atoms with van der Waals surface area (Å²) in [7, 11) is 0. The molecule has 5 heteroatoms. The Bertz CT molecular complexity index is 1910. The van der Waals surface area contributed by atoms with Gasteiger partial charge in [0.25, 0.3) is 0 Å². The first-order valence-corrected chi connectivity index (χ1v) is 34.0. The van der Waals surface area contributed by atoms with Crippen LogP contribution in [0.2, 0.25) is 0 Å². The van der Waals surface area contributed by atoms with Crippen LogP contribution in [0, 0.1) is 16.2 Å². The quantitative estimate of drug-likeness (QED) is 0.155. The molecular formula is C73H127N5. The summed E-state index contributed by atoms with van der Waals surface area (Å²) in [6.07, 6.45) is 45.2. The van der Waals surface area contributed by atoms with Crippen molar-refractivity contribution in [1.29, 1.82) is 0 Å². The molecule has 0 aromatic heterocycles. The van der Waals surface area contributed by atoms with Gasteiger partial charge in [-0.1, -0.05) is 258 Å². The van der Waals surface area contributed by atoms with Gasteiger partial charge in [-0.15, -0.1) is 0 Å². The molecule has 0 unspecified atom stereocenters. The zero-order chi connectivity index (χ0) is 56.3. The summed E-state index contributed by atoms with van der Waals surface area (Å²) in [6, 6.07) is 26.7. The number of hydrogen-bond acceptors (Lipinski definition) is 5. The fourth-order valence-corrected chi connectivity index (χ4v) is 14.4. The maximum Gasteiger partial charge on any atom is 0.0379 e. The Morgan fingerprint density at radius 1 is 0.308 bits per heavy atom. The predicted octanol–water partition coefficient (Wildman–Crippen LogP) is 20.5. The van der Waals surface area contributed by atoms with Gasteiger partial charge in [0.1, 0.15) is 0 Å². The molecule has 0 radical (unpaired) electrons. The highest BCUT2D eigenvalue weighted by Gasteiger charge is 2.41. The van der Waals surface area contributed by atoms with E-state index in [1.165, 1.54) is 274 Å². The van der Waals surface area contributed by atoms with Crippen LogP contribution in [-0.4, -0.2) is 45.8 Å². The van der Waals surface area contributed by atoms with E-state index in [9.17, 15) is 0 Å². The van der Waals surface area contributed by atoms with E-state index in [0.29, 0.717) is 16.2 Å². The van der Waals surface area contributed by atoms with Crippen LogP contribution in [0.5, 0.6) is 0 Å². The van der Waals surface area contributed by atoms with Gasteiger partial charge in [0.2, 0.25) is 0 Å². The summed E-state index contributed by atoms with van der Waals surface area (Å²) in [4.78, 5) is 0. The molecule has 78 heavy (non-hydrogen) atoms. The largest absolute Gasteiger partial charge is 0.384 e. The van der Waals surface area contributed by atoms with Crippen LogP contribution in [0.4, 0.5) is 11.4 Å². The van der Waals surface area contributed by atoms with Crippen molar-refractivity contribution < 1.29 is 0 Å². The lowest BCUT2D eigenvalue weighted by Gasteiger charge is -2.45. The Hall–Kier alpha value is -2.86. The van der Waals surface area contributed by atoms with Gasteiger partial charge < -0.3 is 26.6 Å². The summed E-state index contributed by atoms with van der Waals surface area (Å²) < 4.78 is 0. The predicted molar refractivity (Wildman–Crippen MR) is 348 cm³/mol. The molecule has 5 heterocycles. The van der Waals surface area contributed by atoms with Gasteiger partial charge in [-0.05, 0) is 134 Å². The van der Waals surface area contributed by atoms with E-state index in [1.54, 1.807) is 11.1 Å². The topological polar surface area (TPSA) is 60.1 Å². The molecule has 3 aromatic carbocycles. The number of anilines is 2. The highest BCUT2D eigenvalue weighted by atomic mass is 15.0. The van der Waals surface area contributed by atoms with Gasteiger partial charge in [0.15, 0.2) is 0 Å². The van der Waals surface area contributed by atoms with Crippen molar-refractivity contribution >= 4 is 11.4 Å². The number of nitrogens with one attached hydrogen (secondary N) is 5. The second kappa shape index (κ2) is 38.0. The van der Waals surface area contributed by atoms with Crippen molar-refractivity contribution in [3.8, 4) is 0 Å².